The summed E-state index contributed by atoms with van der Waals surface area (Å²) in [6.45, 7) is 0.207. The number of furan rings is 1. The summed E-state index contributed by atoms with van der Waals surface area (Å²) >= 11 is 0. The van der Waals surface area contributed by atoms with Crippen LogP contribution in [0.1, 0.15) is 5.76 Å². The van der Waals surface area contributed by atoms with E-state index in [2.05, 4.69) is 15.0 Å². The summed E-state index contributed by atoms with van der Waals surface area (Å²) < 4.78 is 27.8. The molecule has 3 aromatic rings. The molecule has 8 heteroatoms. The van der Waals surface area contributed by atoms with Crippen molar-refractivity contribution in [3.63, 3.8) is 0 Å². The third-order valence-electron chi connectivity index (χ3n) is 3.39. The molecule has 0 saturated heterocycles. The maximum atomic E-state index is 11.0. The van der Waals surface area contributed by atoms with Crippen LogP contribution in [0.5, 0.6) is 0 Å². The van der Waals surface area contributed by atoms with Crippen molar-refractivity contribution < 1.29 is 12.8 Å². The third kappa shape index (κ3) is 3.77. The molecule has 2 aromatic heterocycles. The molecule has 2 N–H and O–H groups in total. The first-order valence-corrected chi connectivity index (χ1v) is 9.26. The smallest absolute Gasteiger partial charge is 0.149 e. The molecule has 1 aromatic carbocycles. The number of hydrogen-bond donors (Lipinski definition) is 1. The summed E-state index contributed by atoms with van der Waals surface area (Å²) in [6, 6.07) is 9.20. The molecule has 24 heavy (non-hydrogen) atoms. The summed E-state index contributed by atoms with van der Waals surface area (Å²) in [5.74, 6) is 1.64. The van der Waals surface area contributed by atoms with Crippen molar-refractivity contribution in [2.24, 2.45) is 4.99 Å². The Kier molecular flexibility index (Phi) is 4.30. The van der Waals surface area contributed by atoms with Gasteiger partial charge in [0.25, 0.3) is 0 Å². The van der Waals surface area contributed by atoms with Crippen LogP contribution in [0.3, 0.4) is 0 Å². The fourth-order valence-electron chi connectivity index (χ4n) is 2.18. The average Bonchev–Trinajstić information content (AvgIpc) is 3.00. The Morgan fingerprint density at radius 2 is 2.08 bits per heavy atom. The number of nitrogen functional groups attached to an aromatic ring is 1. The molecule has 0 unspecified atom stereocenters. The van der Waals surface area contributed by atoms with E-state index in [1.807, 2.05) is 24.3 Å². The lowest BCUT2D eigenvalue weighted by molar-refractivity contribution is 0.574. The van der Waals surface area contributed by atoms with Gasteiger partial charge in [-0.05, 0) is 30.3 Å². The van der Waals surface area contributed by atoms with Crippen molar-refractivity contribution in [2.75, 3.05) is 24.3 Å². The summed E-state index contributed by atoms with van der Waals surface area (Å²) in [7, 11) is -3.01. The second kappa shape index (κ2) is 6.40. The molecule has 0 atom stereocenters. The summed E-state index contributed by atoms with van der Waals surface area (Å²) in [4.78, 5) is 12.2. The summed E-state index contributed by atoms with van der Waals surface area (Å²) in [5, 5.41) is 0.759. The van der Waals surface area contributed by atoms with Gasteiger partial charge in [-0.1, -0.05) is 0 Å². The Hall–Kier alpha value is -2.74. The minimum Gasteiger partial charge on any atom is -0.455 e. The van der Waals surface area contributed by atoms with Gasteiger partial charge in [-0.15, -0.1) is 0 Å². The summed E-state index contributed by atoms with van der Waals surface area (Å²) in [6.07, 6.45) is 4.13. The Bertz CT molecular complexity index is 1010. The van der Waals surface area contributed by atoms with Crippen molar-refractivity contribution in [2.45, 2.75) is 0 Å². The van der Waals surface area contributed by atoms with E-state index < -0.39 is 9.84 Å². The second-order valence-electron chi connectivity index (χ2n) is 5.36. The van der Waals surface area contributed by atoms with Gasteiger partial charge >= 0.3 is 0 Å². The molecule has 3 rings (SSSR count). The van der Waals surface area contributed by atoms with Crippen LogP contribution in [0.25, 0.3) is 22.2 Å². The molecule has 0 bridgehead atoms. The van der Waals surface area contributed by atoms with Crippen LogP contribution in [0.4, 0.5) is 5.82 Å². The molecule has 7 nitrogen and oxygen atoms in total. The number of rotatable bonds is 5. The SMILES string of the molecule is CS(=O)(=O)CCN=Cc1ccc(-c2ccc3ncnc(N)c3c2)o1. The molecule has 0 aliphatic carbocycles. The Balaban J connectivity index is 1.80. The molecular formula is C16H16N4O3S. The van der Waals surface area contributed by atoms with E-state index in [0.29, 0.717) is 17.3 Å². The first-order valence-electron chi connectivity index (χ1n) is 7.20. The van der Waals surface area contributed by atoms with Crippen molar-refractivity contribution >= 4 is 32.8 Å². The molecule has 0 saturated carbocycles. The predicted octanol–water partition coefficient (Wildman–Crippen LogP) is 1.94. The van der Waals surface area contributed by atoms with Gasteiger partial charge in [0.1, 0.15) is 33.5 Å². The number of aromatic nitrogens is 2. The van der Waals surface area contributed by atoms with Crippen molar-refractivity contribution in [1.29, 1.82) is 0 Å². The summed E-state index contributed by atoms with van der Waals surface area (Å²) in [5.41, 5.74) is 7.48. The van der Waals surface area contributed by atoms with E-state index in [9.17, 15) is 8.42 Å². The largest absolute Gasteiger partial charge is 0.455 e. The molecular weight excluding hydrogens is 328 g/mol. The van der Waals surface area contributed by atoms with E-state index in [4.69, 9.17) is 10.2 Å². The topological polar surface area (TPSA) is 111 Å². The quantitative estimate of drug-likeness (QED) is 0.708. The van der Waals surface area contributed by atoms with Crippen LogP contribution < -0.4 is 5.73 Å². The van der Waals surface area contributed by atoms with Gasteiger partial charge in [0.2, 0.25) is 0 Å². The molecule has 124 valence electrons. The first kappa shape index (κ1) is 16.1. The highest BCUT2D eigenvalue weighted by Crippen LogP contribution is 2.26. The normalized spacial score (nSPS) is 12.2. The van der Waals surface area contributed by atoms with Crippen LogP contribution in [0.2, 0.25) is 0 Å². The number of fused-ring (bicyclic) bond motifs is 1. The number of aliphatic imine (C=N–C) groups is 1. The van der Waals surface area contributed by atoms with Gasteiger partial charge in [0, 0.05) is 17.2 Å². The number of sulfone groups is 1. The monoisotopic (exact) mass is 344 g/mol. The fraction of sp³-hybridized carbons (Fsp3) is 0.188. The highest BCUT2D eigenvalue weighted by atomic mass is 32.2. The van der Waals surface area contributed by atoms with Crippen LogP contribution in [0, 0.1) is 0 Å². The number of nitrogens with zero attached hydrogens (tertiary/aromatic N) is 3. The van der Waals surface area contributed by atoms with E-state index in [1.54, 1.807) is 6.07 Å². The van der Waals surface area contributed by atoms with Crippen LogP contribution >= 0.6 is 0 Å². The van der Waals surface area contributed by atoms with Crippen molar-refractivity contribution in [3.8, 4) is 11.3 Å². The molecule has 0 amide bonds. The van der Waals surface area contributed by atoms with Gasteiger partial charge < -0.3 is 10.2 Å². The van der Waals surface area contributed by atoms with Crippen LogP contribution in [-0.2, 0) is 9.84 Å². The number of nitrogens with two attached hydrogens (primary N) is 1. The molecule has 2 heterocycles. The minimum absolute atomic E-state index is 0.0149. The predicted molar refractivity (Wildman–Crippen MR) is 93.8 cm³/mol. The zero-order chi connectivity index (χ0) is 17.2. The van der Waals surface area contributed by atoms with E-state index in [-0.39, 0.29) is 12.3 Å². The van der Waals surface area contributed by atoms with E-state index in [1.165, 1.54) is 18.8 Å². The fourth-order valence-corrected chi connectivity index (χ4v) is 2.62. The third-order valence-corrected chi connectivity index (χ3v) is 4.31. The number of benzene rings is 1. The Morgan fingerprint density at radius 1 is 1.25 bits per heavy atom. The lowest BCUT2D eigenvalue weighted by Crippen LogP contribution is -2.05. The van der Waals surface area contributed by atoms with Crippen LogP contribution in [0.15, 0.2) is 46.1 Å². The van der Waals surface area contributed by atoms with Crippen molar-refractivity contribution in [3.05, 3.63) is 42.4 Å². The average molecular weight is 344 g/mol. The lowest BCUT2D eigenvalue weighted by Gasteiger charge is -2.02. The maximum absolute atomic E-state index is 11.0. The first-order chi connectivity index (χ1) is 11.4. The van der Waals surface area contributed by atoms with Gasteiger partial charge in [0.05, 0.1) is 24.0 Å². The van der Waals surface area contributed by atoms with E-state index in [0.717, 1.165) is 16.5 Å². The van der Waals surface area contributed by atoms with Crippen molar-refractivity contribution in [1.82, 2.24) is 9.97 Å². The zero-order valence-electron chi connectivity index (χ0n) is 13.0. The van der Waals surface area contributed by atoms with Gasteiger partial charge in [-0.3, -0.25) is 4.99 Å². The standard InChI is InChI=1S/C16H16N4O3S/c1-24(21,22)7-6-18-9-12-3-5-15(23-12)11-2-4-14-13(8-11)16(17)20-10-19-14/h2-5,8-10H,6-7H2,1H3,(H2,17,19,20). The number of hydrogen-bond acceptors (Lipinski definition) is 7. The second-order valence-corrected chi connectivity index (χ2v) is 7.62. The molecule has 0 fully saturated rings. The Labute approximate surface area is 139 Å². The highest BCUT2D eigenvalue weighted by Gasteiger charge is 2.07. The molecule has 0 aliphatic rings. The molecule has 0 spiro atoms. The van der Waals surface area contributed by atoms with Gasteiger partial charge in [-0.25, -0.2) is 18.4 Å². The molecule has 0 radical (unpaired) electrons. The maximum Gasteiger partial charge on any atom is 0.149 e. The molecule has 0 aliphatic heterocycles. The lowest BCUT2D eigenvalue weighted by atomic mass is 10.1. The van der Waals surface area contributed by atoms with Gasteiger partial charge in [-0.2, -0.15) is 0 Å². The zero-order valence-corrected chi connectivity index (χ0v) is 13.8. The van der Waals surface area contributed by atoms with Crippen LogP contribution in [-0.4, -0.2) is 43.2 Å². The highest BCUT2D eigenvalue weighted by molar-refractivity contribution is 7.90. The minimum atomic E-state index is -3.01. The number of anilines is 1. The Morgan fingerprint density at radius 3 is 2.88 bits per heavy atom. The van der Waals surface area contributed by atoms with Gasteiger partial charge in [0.15, 0.2) is 0 Å². The van der Waals surface area contributed by atoms with E-state index >= 15 is 0 Å².